The maximum Gasteiger partial charge on any atom is 0.351 e. The van der Waals surface area contributed by atoms with Crippen LogP contribution in [0.1, 0.15) is 16.9 Å². The summed E-state index contributed by atoms with van der Waals surface area (Å²) in [6.07, 6.45) is 0. The summed E-state index contributed by atoms with van der Waals surface area (Å²) in [7, 11) is 1.07. The minimum atomic E-state index is -3.33. The van der Waals surface area contributed by atoms with E-state index in [1.807, 2.05) is 54.6 Å². The van der Waals surface area contributed by atoms with Crippen molar-refractivity contribution in [3.8, 4) is 5.75 Å². The molecule has 1 atom stereocenters. The average molecular weight is 335 g/mol. The predicted octanol–water partition coefficient (Wildman–Crippen LogP) is 3.97. The monoisotopic (exact) mass is 335 g/mol. The molecule has 124 valence electrons. The van der Waals surface area contributed by atoms with Gasteiger partial charge in [-0.2, -0.15) is 0 Å². The van der Waals surface area contributed by atoms with Gasteiger partial charge in [-0.15, -0.1) is 0 Å². The van der Waals surface area contributed by atoms with Gasteiger partial charge in [0.15, 0.2) is 0 Å². The smallest absolute Gasteiger partial charge is 0.351 e. The highest BCUT2D eigenvalue weighted by atomic mass is 31.2. The van der Waals surface area contributed by atoms with Crippen molar-refractivity contribution in [2.75, 3.05) is 21.3 Å². The van der Waals surface area contributed by atoms with Gasteiger partial charge in [-0.1, -0.05) is 42.5 Å². The second-order valence-electron chi connectivity index (χ2n) is 4.95. The molecule has 0 saturated heterocycles. The van der Waals surface area contributed by atoms with Crippen LogP contribution in [0.5, 0.6) is 5.75 Å². The van der Waals surface area contributed by atoms with Gasteiger partial charge in [-0.3, -0.25) is 9.88 Å². The Hall–Kier alpha value is -1.65. The van der Waals surface area contributed by atoms with E-state index in [0.717, 1.165) is 16.9 Å². The van der Waals surface area contributed by atoms with Gasteiger partial charge in [0.05, 0.1) is 7.11 Å². The molecular formula is C17H22NO4P. The number of nitrogens with one attached hydrogen (secondary N) is 1. The first-order valence-electron chi connectivity index (χ1n) is 7.25. The maximum absolute atomic E-state index is 12.9. The van der Waals surface area contributed by atoms with Crippen LogP contribution in [0.2, 0.25) is 0 Å². The summed E-state index contributed by atoms with van der Waals surface area (Å²) in [5, 5.41) is 3.28. The number of hydrogen-bond donors (Lipinski definition) is 1. The van der Waals surface area contributed by atoms with Crippen molar-refractivity contribution < 1.29 is 18.3 Å². The zero-order valence-corrected chi connectivity index (χ0v) is 14.5. The van der Waals surface area contributed by atoms with E-state index >= 15 is 0 Å². The quantitative estimate of drug-likeness (QED) is 0.740. The minimum Gasteiger partial charge on any atom is -0.497 e. The Labute approximate surface area is 137 Å². The Bertz CT molecular complexity index is 637. The summed E-state index contributed by atoms with van der Waals surface area (Å²) in [4.78, 5) is 0. The van der Waals surface area contributed by atoms with Crippen LogP contribution < -0.4 is 10.1 Å². The lowest BCUT2D eigenvalue weighted by atomic mass is 10.2. The maximum atomic E-state index is 12.9. The summed E-state index contributed by atoms with van der Waals surface area (Å²) in [6, 6.07) is 17.2. The number of methoxy groups -OCH3 is 1. The minimum absolute atomic E-state index is 0.550. The molecule has 0 fully saturated rings. The van der Waals surface area contributed by atoms with Gasteiger partial charge in [0, 0.05) is 20.8 Å². The number of ether oxygens (including phenoxy) is 1. The highest BCUT2D eigenvalue weighted by Crippen LogP contribution is 2.58. The third-order valence-electron chi connectivity index (χ3n) is 3.60. The van der Waals surface area contributed by atoms with Gasteiger partial charge >= 0.3 is 7.60 Å². The molecule has 0 bridgehead atoms. The molecule has 23 heavy (non-hydrogen) atoms. The molecule has 1 unspecified atom stereocenters. The van der Waals surface area contributed by atoms with E-state index in [1.54, 1.807) is 7.11 Å². The van der Waals surface area contributed by atoms with Crippen LogP contribution in [-0.4, -0.2) is 21.3 Å². The lowest BCUT2D eigenvalue weighted by Crippen LogP contribution is -2.22. The molecule has 0 spiro atoms. The fourth-order valence-electron chi connectivity index (χ4n) is 2.29. The van der Waals surface area contributed by atoms with Crippen molar-refractivity contribution in [2.24, 2.45) is 0 Å². The van der Waals surface area contributed by atoms with Crippen LogP contribution in [0.4, 0.5) is 0 Å². The van der Waals surface area contributed by atoms with Crippen LogP contribution in [-0.2, 0) is 20.2 Å². The Kier molecular flexibility index (Phi) is 6.37. The molecule has 0 radical (unpaired) electrons. The fourth-order valence-corrected chi connectivity index (χ4v) is 3.72. The van der Waals surface area contributed by atoms with E-state index < -0.39 is 13.4 Å². The van der Waals surface area contributed by atoms with Crippen LogP contribution in [0.3, 0.4) is 0 Å². The number of benzene rings is 2. The summed E-state index contributed by atoms with van der Waals surface area (Å²) in [5.74, 6) is 0.170. The Morgan fingerprint density at radius 1 is 0.957 bits per heavy atom. The van der Waals surface area contributed by atoms with Crippen molar-refractivity contribution >= 4 is 7.60 Å². The van der Waals surface area contributed by atoms with Gasteiger partial charge in [0.1, 0.15) is 11.5 Å². The van der Waals surface area contributed by atoms with Crippen molar-refractivity contribution in [3.63, 3.8) is 0 Å². The van der Waals surface area contributed by atoms with E-state index in [4.69, 9.17) is 13.8 Å². The molecule has 0 amide bonds. The standard InChI is InChI=1S/C17H22NO4P/c1-20-16-11-9-15(10-12-16)17(23(19,21-2)22-3)18-13-14-7-5-4-6-8-14/h4-12,17-18H,13H2,1-3H3. The molecule has 2 aromatic carbocycles. The van der Waals surface area contributed by atoms with Crippen molar-refractivity contribution in [2.45, 2.75) is 12.3 Å². The topological polar surface area (TPSA) is 56.8 Å². The van der Waals surface area contributed by atoms with Gasteiger partial charge < -0.3 is 13.8 Å². The van der Waals surface area contributed by atoms with Crippen molar-refractivity contribution in [1.29, 1.82) is 0 Å². The first-order chi connectivity index (χ1) is 11.1. The van der Waals surface area contributed by atoms with Gasteiger partial charge in [0.2, 0.25) is 0 Å². The van der Waals surface area contributed by atoms with Crippen molar-refractivity contribution in [1.82, 2.24) is 5.32 Å². The molecule has 0 aliphatic rings. The summed E-state index contributed by atoms with van der Waals surface area (Å²) in [6.45, 7) is 0.550. The number of rotatable bonds is 8. The Balaban J connectivity index is 2.25. The molecule has 0 aliphatic carbocycles. The van der Waals surface area contributed by atoms with Gasteiger partial charge in [0.25, 0.3) is 0 Å². The molecule has 0 heterocycles. The van der Waals surface area contributed by atoms with E-state index in [2.05, 4.69) is 5.32 Å². The molecule has 0 saturated carbocycles. The summed E-state index contributed by atoms with van der Waals surface area (Å²) >= 11 is 0. The van der Waals surface area contributed by atoms with Crippen LogP contribution in [0, 0.1) is 0 Å². The van der Waals surface area contributed by atoms with E-state index in [9.17, 15) is 4.57 Å². The van der Waals surface area contributed by atoms with Crippen LogP contribution >= 0.6 is 7.60 Å². The molecule has 0 aliphatic heterocycles. The average Bonchev–Trinajstić information content (AvgIpc) is 2.63. The molecule has 1 N–H and O–H groups in total. The van der Waals surface area contributed by atoms with Crippen LogP contribution in [0.25, 0.3) is 0 Å². The molecule has 6 heteroatoms. The van der Waals surface area contributed by atoms with Gasteiger partial charge in [-0.05, 0) is 23.3 Å². The van der Waals surface area contributed by atoms with Crippen molar-refractivity contribution in [3.05, 3.63) is 65.7 Å². The van der Waals surface area contributed by atoms with E-state index in [0.29, 0.717) is 6.54 Å². The third-order valence-corrected chi connectivity index (χ3v) is 5.73. The second kappa shape index (κ2) is 8.27. The highest BCUT2D eigenvalue weighted by Gasteiger charge is 2.35. The normalized spacial score (nSPS) is 12.8. The molecule has 5 nitrogen and oxygen atoms in total. The third kappa shape index (κ3) is 4.43. The lowest BCUT2D eigenvalue weighted by molar-refractivity contribution is 0.259. The fraction of sp³-hybridized carbons (Fsp3) is 0.294. The first kappa shape index (κ1) is 17.7. The zero-order chi connectivity index (χ0) is 16.7. The molecule has 2 rings (SSSR count). The first-order valence-corrected chi connectivity index (χ1v) is 8.86. The largest absolute Gasteiger partial charge is 0.497 e. The summed E-state index contributed by atoms with van der Waals surface area (Å²) in [5.41, 5.74) is 1.90. The zero-order valence-electron chi connectivity index (χ0n) is 13.6. The van der Waals surface area contributed by atoms with E-state index in [1.165, 1.54) is 14.2 Å². The van der Waals surface area contributed by atoms with Gasteiger partial charge in [-0.25, -0.2) is 0 Å². The molecule has 0 aromatic heterocycles. The predicted molar refractivity (Wildman–Crippen MR) is 90.6 cm³/mol. The SMILES string of the molecule is COc1ccc(C(NCc2ccccc2)P(=O)(OC)OC)cc1. The summed E-state index contributed by atoms with van der Waals surface area (Å²) < 4.78 is 28.4. The van der Waals surface area contributed by atoms with Crippen LogP contribution in [0.15, 0.2) is 54.6 Å². The molecule has 2 aromatic rings. The Morgan fingerprint density at radius 2 is 1.57 bits per heavy atom. The highest BCUT2D eigenvalue weighted by molar-refractivity contribution is 7.54. The number of hydrogen-bond acceptors (Lipinski definition) is 5. The lowest BCUT2D eigenvalue weighted by Gasteiger charge is -2.26. The molecular weight excluding hydrogens is 313 g/mol. The Morgan fingerprint density at radius 3 is 2.09 bits per heavy atom. The second-order valence-corrected chi connectivity index (χ2v) is 7.27. The van der Waals surface area contributed by atoms with E-state index in [-0.39, 0.29) is 0 Å².